The Morgan fingerprint density at radius 1 is 0.725 bits per heavy atom. The molecule has 0 spiro atoms. The molecular formula is C39H16N6O2S4. The zero-order valence-electron chi connectivity index (χ0n) is 26.4. The van der Waals surface area contributed by atoms with Gasteiger partial charge in [0.05, 0.1) is 41.8 Å². The van der Waals surface area contributed by atoms with Gasteiger partial charge in [0.2, 0.25) is 11.6 Å². The van der Waals surface area contributed by atoms with Gasteiger partial charge in [-0.15, -0.1) is 45.3 Å². The highest BCUT2D eigenvalue weighted by molar-refractivity contribution is 7.45. The molecule has 0 saturated heterocycles. The largest absolute Gasteiger partial charge is 0.287 e. The maximum Gasteiger partial charge on any atom is 0.271 e. The monoisotopic (exact) mass is 728 g/mol. The van der Waals surface area contributed by atoms with Crippen molar-refractivity contribution in [3.63, 3.8) is 0 Å². The average Bonchev–Trinajstić information content (AvgIpc) is 3.97. The van der Waals surface area contributed by atoms with Crippen molar-refractivity contribution < 1.29 is 9.59 Å². The molecule has 3 aliphatic carbocycles. The van der Waals surface area contributed by atoms with Gasteiger partial charge in [-0.1, -0.05) is 62.4 Å². The number of allylic oxidation sites excluding steroid dienone is 5. The van der Waals surface area contributed by atoms with Crippen LogP contribution in [0.1, 0.15) is 56.1 Å². The van der Waals surface area contributed by atoms with Crippen LogP contribution in [0.3, 0.4) is 0 Å². The second-order valence-corrected chi connectivity index (χ2v) is 16.5. The van der Waals surface area contributed by atoms with E-state index in [2.05, 4.69) is 18.7 Å². The van der Waals surface area contributed by atoms with Gasteiger partial charge in [0.1, 0.15) is 34.1 Å². The van der Waals surface area contributed by atoms with Crippen molar-refractivity contribution in [1.82, 2.24) is 0 Å². The normalized spacial score (nSPS) is 18.2. The molecule has 4 aromatic heterocycles. The topological polar surface area (TPSA) is 135 Å². The first-order valence-corrected chi connectivity index (χ1v) is 18.6. The van der Waals surface area contributed by atoms with Crippen molar-refractivity contribution in [2.24, 2.45) is 9.98 Å². The number of rotatable bonds is 2. The van der Waals surface area contributed by atoms with Crippen LogP contribution in [0.2, 0.25) is 0 Å². The molecule has 6 aromatic rings. The van der Waals surface area contributed by atoms with E-state index in [1.54, 1.807) is 82.5 Å². The van der Waals surface area contributed by atoms with Crippen molar-refractivity contribution in [1.29, 1.82) is 15.8 Å². The molecular weight excluding hydrogens is 713 g/mol. The summed E-state index contributed by atoms with van der Waals surface area (Å²) in [6.07, 6.45) is 2.02. The van der Waals surface area contributed by atoms with E-state index in [0.29, 0.717) is 33.0 Å². The summed E-state index contributed by atoms with van der Waals surface area (Å²) in [5.41, 5.74) is 3.68. The minimum Gasteiger partial charge on any atom is -0.287 e. The van der Waals surface area contributed by atoms with Crippen molar-refractivity contribution in [2.75, 3.05) is 0 Å². The number of aliphatic imine (C=N–C) groups is 2. The molecule has 12 heteroatoms. The van der Waals surface area contributed by atoms with Gasteiger partial charge in [-0.3, -0.25) is 9.59 Å². The highest BCUT2D eigenvalue weighted by atomic mass is 32.1. The summed E-state index contributed by atoms with van der Waals surface area (Å²) in [5.74, 6) is -0.608. The molecule has 8 nitrogen and oxygen atoms in total. The van der Waals surface area contributed by atoms with Gasteiger partial charge in [-0.25, -0.2) is 20.1 Å². The molecule has 4 heterocycles. The van der Waals surface area contributed by atoms with Crippen LogP contribution in [0.4, 0.5) is 5.00 Å². The number of Topliss-reactive ketones (excluding diaryl/α,β-unsaturated/α-hetero) is 2. The molecule has 0 aliphatic heterocycles. The van der Waals surface area contributed by atoms with Gasteiger partial charge >= 0.3 is 0 Å². The smallest absolute Gasteiger partial charge is 0.271 e. The lowest BCUT2D eigenvalue weighted by atomic mass is 9.86. The second kappa shape index (κ2) is 10.9. The Morgan fingerprint density at radius 2 is 1.31 bits per heavy atom. The molecule has 0 N–H and O–H groups in total. The Bertz CT molecular complexity index is 3000. The maximum atomic E-state index is 13.6. The molecule has 0 fully saturated rings. The van der Waals surface area contributed by atoms with E-state index < -0.39 is 5.41 Å². The van der Waals surface area contributed by atoms with Gasteiger partial charge in [0.25, 0.3) is 5.70 Å². The van der Waals surface area contributed by atoms with Crippen LogP contribution in [0.15, 0.2) is 81.5 Å². The van der Waals surface area contributed by atoms with Crippen molar-refractivity contribution in [3.8, 4) is 18.2 Å². The summed E-state index contributed by atoms with van der Waals surface area (Å²) in [7, 11) is 0. The fourth-order valence-electron chi connectivity index (χ4n) is 6.98. The molecule has 0 bridgehead atoms. The number of hydrogen-bond acceptors (Lipinski definition) is 11. The highest BCUT2D eigenvalue weighted by Gasteiger charge is 2.41. The van der Waals surface area contributed by atoms with Crippen LogP contribution < -0.4 is 0 Å². The van der Waals surface area contributed by atoms with Crippen LogP contribution >= 0.6 is 45.3 Å². The third kappa shape index (κ3) is 4.17. The second-order valence-electron chi connectivity index (χ2n) is 12.4. The van der Waals surface area contributed by atoms with Gasteiger partial charge < -0.3 is 0 Å². The van der Waals surface area contributed by atoms with E-state index in [-0.39, 0.29) is 45.4 Å². The number of benzene rings is 2. The summed E-state index contributed by atoms with van der Waals surface area (Å²) in [6, 6.07) is 21.7. The fourth-order valence-corrected chi connectivity index (χ4v) is 13.0. The Morgan fingerprint density at radius 3 is 1.94 bits per heavy atom. The van der Waals surface area contributed by atoms with Crippen LogP contribution in [0, 0.1) is 40.6 Å². The van der Waals surface area contributed by atoms with Gasteiger partial charge in [-0.05, 0) is 28.8 Å². The van der Waals surface area contributed by atoms with Crippen molar-refractivity contribution in [3.05, 3.63) is 116 Å². The number of hydrogen-bond donors (Lipinski definition) is 0. The SMILES string of the molecule is [C-]#[N+]C(C#N)=C1C(=NC2=Cc3sc4c(sc5c6sc(N=C7C(=O)c8ccccc8C7=C(C#N)C#N)cc6sc45)c3C2(C)C)C(=O)c2ccccc21. The molecule has 9 rings (SSSR count). The van der Waals surface area contributed by atoms with Crippen molar-refractivity contribution in [2.45, 2.75) is 19.3 Å². The Kier molecular flexibility index (Phi) is 6.63. The average molecular weight is 729 g/mol. The Balaban J connectivity index is 1.14. The first kappa shape index (κ1) is 30.9. The zero-order valence-corrected chi connectivity index (χ0v) is 29.7. The van der Waals surface area contributed by atoms with E-state index >= 15 is 0 Å². The lowest BCUT2D eigenvalue weighted by molar-refractivity contribution is 0.106. The lowest BCUT2D eigenvalue weighted by Gasteiger charge is -2.21. The van der Waals surface area contributed by atoms with Gasteiger partial charge in [0.15, 0.2) is 0 Å². The van der Waals surface area contributed by atoms with Gasteiger partial charge in [0, 0.05) is 37.3 Å². The Labute approximate surface area is 305 Å². The van der Waals surface area contributed by atoms with Crippen LogP contribution in [-0.2, 0) is 5.41 Å². The quantitative estimate of drug-likeness (QED) is 0.129. The first-order valence-electron chi connectivity index (χ1n) is 15.4. The van der Waals surface area contributed by atoms with Crippen LogP contribution in [-0.4, -0.2) is 23.0 Å². The lowest BCUT2D eigenvalue weighted by Crippen LogP contribution is -2.18. The predicted molar refractivity (Wildman–Crippen MR) is 205 cm³/mol. The first-order chi connectivity index (χ1) is 24.7. The summed E-state index contributed by atoms with van der Waals surface area (Å²) < 4.78 is 6.73. The maximum absolute atomic E-state index is 13.6. The third-order valence-electron chi connectivity index (χ3n) is 9.31. The van der Waals surface area contributed by atoms with E-state index in [1.807, 2.05) is 30.4 Å². The number of nitrogens with zero attached hydrogens (tertiary/aromatic N) is 6. The number of fused-ring (bicyclic) bond motifs is 9. The number of thiophene rings is 4. The minimum atomic E-state index is -0.565. The van der Waals surface area contributed by atoms with E-state index in [0.717, 1.165) is 29.2 Å². The summed E-state index contributed by atoms with van der Waals surface area (Å²) in [4.78, 5) is 41.2. The number of nitriles is 3. The standard InChI is InChI=1S/C39H16N6O2S4/c1-39(2)25(44-31-28(22(16-42)43-3)19-9-5-7-11-21(19)33(31)47)12-23-29(39)35-37(48-23)38-36(51-35)34-24(49-38)13-26(50-34)45-30-27(17(14-40)15-41)18-8-4-6-10-20(18)32(30)46/h4-13H,1-2H3. The number of carbonyl (C=O) groups is 2. The molecule has 0 saturated carbocycles. The van der Waals surface area contributed by atoms with E-state index in [9.17, 15) is 25.4 Å². The van der Waals surface area contributed by atoms with Crippen molar-refractivity contribution >= 4 is 119 Å². The predicted octanol–water partition coefficient (Wildman–Crippen LogP) is 10.3. The highest BCUT2D eigenvalue weighted by Crippen LogP contribution is 2.57. The van der Waals surface area contributed by atoms with Crippen LogP contribution in [0.5, 0.6) is 0 Å². The van der Waals surface area contributed by atoms with Crippen LogP contribution in [0.25, 0.3) is 50.3 Å². The zero-order chi connectivity index (χ0) is 35.3. The van der Waals surface area contributed by atoms with E-state index in [4.69, 9.17) is 16.6 Å². The molecule has 0 atom stereocenters. The van der Waals surface area contributed by atoms with Gasteiger partial charge in [-0.2, -0.15) is 10.5 Å². The summed E-state index contributed by atoms with van der Waals surface area (Å²) in [5, 5.41) is 29.7. The Hall–Kier alpha value is -6.12. The molecule has 51 heavy (non-hydrogen) atoms. The van der Waals surface area contributed by atoms with E-state index in [1.165, 1.54) is 20.7 Å². The molecule has 0 unspecified atom stereocenters. The molecule has 0 radical (unpaired) electrons. The minimum absolute atomic E-state index is 0.103. The molecule has 3 aliphatic rings. The number of carbonyl (C=O) groups excluding carboxylic acids is 2. The number of ketones is 2. The molecule has 2 aromatic carbocycles. The summed E-state index contributed by atoms with van der Waals surface area (Å²) >= 11 is 6.53. The molecule has 0 amide bonds. The summed E-state index contributed by atoms with van der Waals surface area (Å²) in [6.45, 7) is 11.8. The fraction of sp³-hybridized carbons (Fsp3) is 0.0769. The molecule has 238 valence electrons. The third-order valence-corrected chi connectivity index (χ3v) is 14.5.